The maximum atomic E-state index is 12.4. The Balaban J connectivity index is 1.80. The highest BCUT2D eigenvalue weighted by Crippen LogP contribution is 2.43. The molecule has 0 saturated carbocycles. The number of piperidine rings is 1. The van der Waals surface area contributed by atoms with Crippen LogP contribution in [0, 0.1) is 5.92 Å². The van der Waals surface area contributed by atoms with Crippen molar-refractivity contribution in [1.29, 1.82) is 0 Å². The SMILES string of the molecule is CCOC(=O)C1CCCN2CCc3c([nH]c4ccc(Cl)cc34)C12. The molecule has 1 N–H and O–H groups in total. The highest BCUT2D eigenvalue weighted by Gasteiger charge is 2.42. The van der Waals surface area contributed by atoms with Crippen molar-refractivity contribution in [3.8, 4) is 0 Å². The number of carbonyl (C=O) groups excluding carboxylic acids is 1. The first-order valence-electron chi connectivity index (χ1n) is 8.39. The van der Waals surface area contributed by atoms with Crippen LogP contribution in [-0.4, -0.2) is 35.5 Å². The summed E-state index contributed by atoms with van der Waals surface area (Å²) in [7, 11) is 0. The molecule has 122 valence electrons. The van der Waals surface area contributed by atoms with Crippen molar-refractivity contribution >= 4 is 28.5 Å². The van der Waals surface area contributed by atoms with Crippen molar-refractivity contribution < 1.29 is 9.53 Å². The topological polar surface area (TPSA) is 45.3 Å². The largest absolute Gasteiger partial charge is 0.466 e. The van der Waals surface area contributed by atoms with Gasteiger partial charge in [0, 0.05) is 28.2 Å². The third-order valence-electron chi connectivity index (χ3n) is 5.17. The van der Waals surface area contributed by atoms with Crippen LogP contribution in [0.25, 0.3) is 10.9 Å². The highest BCUT2D eigenvalue weighted by atomic mass is 35.5. The molecule has 2 aromatic rings. The number of aromatic nitrogens is 1. The minimum Gasteiger partial charge on any atom is -0.466 e. The quantitative estimate of drug-likeness (QED) is 0.853. The molecule has 0 radical (unpaired) electrons. The van der Waals surface area contributed by atoms with Crippen LogP contribution in [0.3, 0.4) is 0 Å². The lowest BCUT2D eigenvalue weighted by Gasteiger charge is -2.43. The Kier molecular flexibility index (Phi) is 3.82. The first-order chi connectivity index (χ1) is 11.2. The van der Waals surface area contributed by atoms with E-state index in [-0.39, 0.29) is 17.9 Å². The Morgan fingerprint density at radius 1 is 1.43 bits per heavy atom. The monoisotopic (exact) mass is 332 g/mol. The van der Waals surface area contributed by atoms with E-state index >= 15 is 0 Å². The molecule has 4 rings (SSSR count). The first kappa shape index (κ1) is 15.0. The van der Waals surface area contributed by atoms with E-state index in [0.717, 1.165) is 42.9 Å². The van der Waals surface area contributed by atoms with Crippen LogP contribution >= 0.6 is 11.6 Å². The van der Waals surface area contributed by atoms with E-state index in [0.29, 0.717) is 6.61 Å². The molecule has 0 amide bonds. The number of ether oxygens (including phenoxy) is 1. The third-order valence-corrected chi connectivity index (χ3v) is 5.41. The maximum absolute atomic E-state index is 12.4. The zero-order valence-corrected chi connectivity index (χ0v) is 14.0. The molecule has 0 aliphatic carbocycles. The van der Waals surface area contributed by atoms with Gasteiger partial charge in [0.15, 0.2) is 0 Å². The van der Waals surface area contributed by atoms with Crippen molar-refractivity contribution in [2.45, 2.75) is 32.2 Å². The number of nitrogens with zero attached hydrogens (tertiary/aromatic N) is 1. The fourth-order valence-electron chi connectivity index (χ4n) is 4.21. The number of aromatic amines is 1. The molecule has 0 spiro atoms. The van der Waals surface area contributed by atoms with Gasteiger partial charge in [-0.15, -0.1) is 0 Å². The Labute approximate surface area is 140 Å². The van der Waals surface area contributed by atoms with Crippen molar-refractivity contribution in [2.24, 2.45) is 5.92 Å². The van der Waals surface area contributed by atoms with Crippen LogP contribution < -0.4 is 0 Å². The number of fused-ring (bicyclic) bond motifs is 5. The third kappa shape index (κ3) is 2.45. The lowest BCUT2D eigenvalue weighted by molar-refractivity contribution is -0.153. The van der Waals surface area contributed by atoms with E-state index in [1.54, 1.807) is 0 Å². The molecule has 1 aromatic heterocycles. The molecule has 4 nitrogen and oxygen atoms in total. The minimum absolute atomic E-state index is 0.0632. The van der Waals surface area contributed by atoms with Gasteiger partial charge in [0.25, 0.3) is 0 Å². The maximum Gasteiger partial charge on any atom is 0.310 e. The smallest absolute Gasteiger partial charge is 0.310 e. The van der Waals surface area contributed by atoms with Crippen LogP contribution in [0.1, 0.15) is 37.1 Å². The predicted molar refractivity (Wildman–Crippen MR) is 90.7 cm³/mol. The second kappa shape index (κ2) is 5.84. The van der Waals surface area contributed by atoms with Gasteiger partial charge in [0.2, 0.25) is 0 Å². The van der Waals surface area contributed by atoms with Gasteiger partial charge >= 0.3 is 5.97 Å². The zero-order valence-electron chi connectivity index (χ0n) is 13.3. The number of H-pyrrole nitrogens is 1. The number of esters is 1. The standard InChI is InChI=1S/C18H21ClN2O2/c1-2-23-18(22)13-4-3-8-21-9-7-12-14-10-11(19)5-6-15(14)20-16(12)17(13)21/h5-6,10,13,17,20H,2-4,7-9H2,1H3. The summed E-state index contributed by atoms with van der Waals surface area (Å²) < 4.78 is 5.34. The second-order valence-corrected chi connectivity index (χ2v) is 6.88. The van der Waals surface area contributed by atoms with Crippen molar-refractivity contribution in [2.75, 3.05) is 19.7 Å². The summed E-state index contributed by atoms with van der Waals surface area (Å²) >= 11 is 6.18. The number of carbonyl (C=O) groups is 1. The Morgan fingerprint density at radius 3 is 3.13 bits per heavy atom. The lowest BCUT2D eigenvalue weighted by Crippen LogP contribution is -2.46. The number of hydrogen-bond acceptors (Lipinski definition) is 3. The van der Waals surface area contributed by atoms with Gasteiger partial charge in [0.05, 0.1) is 18.6 Å². The summed E-state index contributed by atoms with van der Waals surface area (Å²) in [4.78, 5) is 18.4. The summed E-state index contributed by atoms with van der Waals surface area (Å²) in [6, 6.07) is 6.08. The zero-order chi connectivity index (χ0) is 16.0. The molecule has 2 atom stereocenters. The molecule has 0 bridgehead atoms. The van der Waals surface area contributed by atoms with Gasteiger partial charge in [-0.3, -0.25) is 9.69 Å². The van der Waals surface area contributed by atoms with Crippen LogP contribution in [0.5, 0.6) is 0 Å². The first-order valence-corrected chi connectivity index (χ1v) is 8.77. The van der Waals surface area contributed by atoms with Gasteiger partial charge in [-0.2, -0.15) is 0 Å². The summed E-state index contributed by atoms with van der Waals surface area (Å²) in [6.45, 7) is 4.36. The molecular weight excluding hydrogens is 312 g/mol. The molecular formula is C18H21ClN2O2. The normalized spacial score (nSPS) is 24.3. The van der Waals surface area contributed by atoms with Gasteiger partial charge in [0.1, 0.15) is 0 Å². The average molecular weight is 333 g/mol. The Morgan fingerprint density at radius 2 is 2.30 bits per heavy atom. The van der Waals surface area contributed by atoms with Crippen molar-refractivity contribution in [3.63, 3.8) is 0 Å². The number of nitrogens with one attached hydrogen (secondary N) is 1. The van der Waals surface area contributed by atoms with Crippen molar-refractivity contribution in [3.05, 3.63) is 34.5 Å². The van der Waals surface area contributed by atoms with E-state index in [9.17, 15) is 4.79 Å². The molecule has 5 heteroatoms. The van der Waals surface area contributed by atoms with E-state index in [1.165, 1.54) is 16.6 Å². The molecule has 1 saturated heterocycles. The van der Waals surface area contributed by atoms with E-state index < -0.39 is 0 Å². The van der Waals surface area contributed by atoms with Gasteiger partial charge < -0.3 is 9.72 Å². The molecule has 1 aromatic carbocycles. The number of hydrogen-bond donors (Lipinski definition) is 1. The minimum atomic E-state index is -0.0775. The lowest BCUT2D eigenvalue weighted by atomic mass is 9.82. The molecule has 2 aliphatic heterocycles. The van der Waals surface area contributed by atoms with Gasteiger partial charge in [-0.25, -0.2) is 0 Å². The summed E-state index contributed by atoms with van der Waals surface area (Å²) in [6.07, 6.45) is 2.96. The van der Waals surface area contributed by atoms with E-state index in [1.807, 2.05) is 25.1 Å². The van der Waals surface area contributed by atoms with Crippen LogP contribution in [0.15, 0.2) is 18.2 Å². The van der Waals surface area contributed by atoms with E-state index in [2.05, 4.69) is 9.88 Å². The Hall–Kier alpha value is -1.52. The predicted octanol–water partition coefficient (Wildman–Crippen LogP) is 3.69. The van der Waals surface area contributed by atoms with Crippen LogP contribution in [0.2, 0.25) is 5.02 Å². The average Bonchev–Trinajstić information content (AvgIpc) is 2.92. The number of rotatable bonds is 2. The fourth-order valence-corrected chi connectivity index (χ4v) is 4.39. The Bertz CT molecular complexity index is 755. The summed E-state index contributed by atoms with van der Waals surface area (Å²) in [5.41, 5.74) is 3.61. The second-order valence-electron chi connectivity index (χ2n) is 6.44. The van der Waals surface area contributed by atoms with Crippen LogP contribution in [-0.2, 0) is 16.0 Å². The van der Waals surface area contributed by atoms with Crippen molar-refractivity contribution in [1.82, 2.24) is 9.88 Å². The molecule has 2 aliphatic rings. The van der Waals surface area contributed by atoms with E-state index in [4.69, 9.17) is 16.3 Å². The molecule has 2 unspecified atom stereocenters. The fraction of sp³-hybridized carbons (Fsp3) is 0.500. The highest BCUT2D eigenvalue weighted by molar-refractivity contribution is 6.31. The molecule has 3 heterocycles. The molecule has 23 heavy (non-hydrogen) atoms. The van der Waals surface area contributed by atoms with Gasteiger partial charge in [-0.05, 0) is 56.5 Å². The number of halogens is 1. The summed E-state index contributed by atoms with van der Waals surface area (Å²) in [5, 5.41) is 1.95. The summed E-state index contributed by atoms with van der Waals surface area (Å²) in [5.74, 6) is -0.141. The number of benzene rings is 1. The molecule has 1 fully saturated rings. The van der Waals surface area contributed by atoms with Crippen LogP contribution in [0.4, 0.5) is 0 Å². The van der Waals surface area contributed by atoms with Gasteiger partial charge in [-0.1, -0.05) is 11.6 Å².